The van der Waals surface area contributed by atoms with Crippen molar-refractivity contribution in [2.75, 3.05) is 0 Å². The molecule has 1 aliphatic heterocycles. The summed E-state index contributed by atoms with van der Waals surface area (Å²) < 4.78 is 15.0. The number of nitrogens with zero attached hydrogens (tertiary/aromatic N) is 1. The first kappa shape index (κ1) is 23.3. The fourth-order valence-electron chi connectivity index (χ4n) is 5.65. The van der Waals surface area contributed by atoms with Gasteiger partial charge in [0, 0.05) is 21.8 Å². The highest BCUT2D eigenvalue weighted by Crippen LogP contribution is 2.38. The van der Waals surface area contributed by atoms with Gasteiger partial charge in [0.2, 0.25) is 0 Å². The molecule has 1 aromatic heterocycles. The summed E-state index contributed by atoms with van der Waals surface area (Å²) >= 11 is 0. The number of hydrogen-bond acceptors (Lipinski definition) is 2. The van der Waals surface area contributed by atoms with Gasteiger partial charge in [-0.25, -0.2) is 0 Å². The largest absolute Gasteiger partial charge is 0.494 e. The standard InChI is InChI=1S/C34H30BNO2/c1-33(2)34(3,4)38-35(37-33)26-12-9-11-25(22-26)23-16-19-27(20-17-23)36-31-15-8-7-14-29(31)30-21-18-24-10-5-6-13-28(24)32(30)36/h5-22H,1-4H3. The molecule has 2 heterocycles. The number of para-hydroxylation sites is 1. The van der Waals surface area contributed by atoms with E-state index in [2.05, 4.69) is 141 Å². The van der Waals surface area contributed by atoms with Crippen LogP contribution in [-0.4, -0.2) is 22.9 Å². The van der Waals surface area contributed by atoms with Gasteiger partial charge in [-0.05, 0) is 67.9 Å². The molecular weight excluding hydrogens is 465 g/mol. The van der Waals surface area contributed by atoms with E-state index in [4.69, 9.17) is 9.31 Å². The molecular formula is C34H30BNO2. The Kier molecular flexibility index (Phi) is 5.10. The second-order valence-corrected chi connectivity index (χ2v) is 11.3. The quantitative estimate of drug-likeness (QED) is 0.233. The van der Waals surface area contributed by atoms with Gasteiger partial charge in [-0.1, -0.05) is 91.0 Å². The third-order valence-electron chi connectivity index (χ3n) is 8.43. The predicted molar refractivity (Wildman–Crippen MR) is 159 cm³/mol. The summed E-state index contributed by atoms with van der Waals surface area (Å²) in [5.74, 6) is 0. The lowest BCUT2D eigenvalue weighted by Crippen LogP contribution is -2.41. The van der Waals surface area contributed by atoms with Gasteiger partial charge in [0.25, 0.3) is 0 Å². The molecule has 3 nitrogen and oxygen atoms in total. The van der Waals surface area contributed by atoms with E-state index in [1.165, 1.54) is 32.6 Å². The van der Waals surface area contributed by atoms with Gasteiger partial charge >= 0.3 is 7.12 Å². The van der Waals surface area contributed by atoms with Gasteiger partial charge in [0.05, 0.1) is 22.2 Å². The van der Waals surface area contributed by atoms with Crippen molar-refractivity contribution in [3.8, 4) is 16.8 Å². The number of rotatable bonds is 3. The zero-order valence-corrected chi connectivity index (χ0v) is 22.2. The Morgan fingerprint density at radius 2 is 1.26 bits per heavy atom. The van der Waals surface area contributed by atoms with E-state index in [1.807, 2.05) is 0 Å². The molecule has 0 aliphatic carbocycles. The van der Waals surface area contributed by atoms with Gasteiger partial charge in [-0.2, -0.15) is 0 Å². The van der Waals surface area contributed by atoms with Crippen LogP contribution < -0.4 is 5.46 Å². The summed E-state index contributed by atoms with van der Waals surface area (Å²) in [6.45, 7) is 8.36. The summed E-state index contributed by atoms with van der Waals surface area (Å²) in [7, 11) is -0.370. The summed E-state index contributed by atoms with van der Waals surface area (Å²) in [5, 5.41) is 5.06. The second kappa shape index (κ2) is 8.32. The van der Waals surface area contributed by atoms with Crippen molar-refractivity contribution in [3.63, 3.8) is 0 Å². The first-order valence-electron chi connectivity index (χ1n) is 13.3. The fourth-order valence-corrected chi connectivity index (χ4v) is 5.65. The lowest BCUT2D eigenvalue weighted by atomic mass is 9.78. The third-order valence-corrected chi connectivity index (χ3v) is 8.43. The smallest absolute Gasteiger partial charge is 0.399 e. The average molecular weight is 495 g/mol. The predicted octanol–water partition coefficient (Wildman–Crippen LogP) is 7.90. The van der Waals surface area contributed by atoms with Crippen LogP contribution in [0.2, 0.25) is 0 Å². The van der Waals surface area contributed by atoms with E-state index in [0.717, 1.165) is 22.3 Å². The SMILES string of the molecule is CC1(C)OB(c2cccc(-c3ccc(-n4c5ccccc5c5ccc6ccccc6c54)cc3)c2)OC1(C)C. The molecule has 0 bridgehead atoms. The second-order valence-electron chi connectivity index (χ2n) is 11.3. The normalized spacial score (nSPS) is 16.6. The maximum absolute atomic E-state index is 6.30. The van der Waals surface area contributed by atoms with Gasteiger partial charge in [0.15, 0.2) is 0 Å². The first-order chi connectivity index (χ1) is 18.3. The Morgan fingerprint density at radius 1 is 0.579 bits per heavy atom. The Morgan fingerprint density at radius 3 is 2.03 bits per heavy atom. The van der Waals surface area contributed by atoms with E-state index in [-0.39, 0.29) is 18.3 Å². The molecule has 0 unspecified atom stereocenters. The van der Waals surface area contributed by atoms with Crippen LogP contribution in [-0.2, 0) is 9.31 Å². The van der Waals surface area contributed by atoms with Crippen LogP contribution in [0.3, 0.4) is 0 Å². The van der Waals surface area contributed by atoms with Gasteiger partial charge < -0.3 is 13.9 Å². The minimum Gasteiger partial charge on any atom is -0.399 e. The molecule has 0 spiro atoms. The van der Waals surface area contributed by atoms with E-state index >= 15 is 0 Å². The van der Waals surface area contributed by atoms with Crippen LogP contribution in [0.25, 0.3) is 49.4 Å². The van der Waals surface area contributed by atoms with Crippen LogP contribution >= 0.6 is 0 Å². The molecule has 1 saturated heterocycles. The zero-order valence-electron chi connectivity index (χ0n) is 22.2. The van der Waals surface area contributed by atoms with Crippen LogP contribution in [0.1, 0.15) is 27.7 Å². The number of fused-ring (bicyclic) bond motifs is 5. The van der Waals surface area contributed by atoms with E-state index < -0.39 is 0 Å². The van der Waals surface area contributed by atoms with Crippen molar-refractivity contribution in [2.45, 2.75) is 38.9 Å². The Balaban J connectivity index is 1.32. The Labute approximate surface area is 223 Å². The lowest BCUT2D eigenvalue weighted by molar-refractivity contribution is 0.00578. The molecule has 1 fully saturated rings. The highest BCUT2D eigenvalue weighted by atomic mass is 16.7. The zero-order chi connectivity index (χ0) is 26.1. The molecule has 6 aromatic rings. The van der Waals surface area contributed by atoms with Crippen molar-refractivity contribution in [2.24, 2.45) is 0 Å². The van der Waals surface area contributed by atoms with E-state index in [1.54, 1.807) is 0 Å². The van der Waals surface area contributed by atoms with Crippen LogP contribution in [0, 0.1) is 0 Å². The molecule has 0 radical (unpaired) electrons. The molecule has 186 valence electrons. The minimum absolute atomic E-state index is 0.359. The van der Waals surface area contributed by atoms with Crippen molar-refractivity contribution in [1.29, 1.82) is 0 Å². The molecule has 1 aliphatic rings. The number of hydrogen-bond donors (Lipinski definition) is 0. The molecule has 38 heavy (non-hydrogen) atoms. The van der Waals surface area contributed by atoms with E-state index in [9.17, 15) is 0 Å². The monoisotopic (exact) mass is 495 g/mol. The van der Waals surface area contributed by atoms with Crippen molar-refractivity contribution >= 4 is 45.2 Å². The van der Waals surface area contributed by atoms with Crippen LogP contribution in [0.15, 0.2) is 109 Å². The summed E-state index contributed by atoms with van der Waals surface area (Å²) in [6, 6.07) is 39.2. The molecule has 0 saturated carbocycles. The summed E-state index contributed by atoms with van der Waals surface area (Å²) in [4.78, 5) is 0. The van der Waals surface area contributed by atoms with Crippen LogP contribution in [0.4, 0.5) is 0 Å². The molecule has 0 amide bonds. The maximum atomic E-state index is 6.30. The average Bonchev–Trinajstić information content (AvgIpc) is 3.38. The van der Waals surface area contributed by atoms with Crippen molar-refractivity contribution in [3.05, 3.63) is 109 Å². The van der Waals surface area contributed by atoms with Crippen LogP contribution in [0.5, 0.6) is 0 Å². The number of aromatic nitrogens is 1. The van der Waals surface area contributed by atoms with Gasteiger partial charge in [-0.15, -0.1) is 0 Å². The molecule has 5 aromatic carbocycles. The summed E-state index contributed by atoms with van der Waals surface area (Å²) in [5.41, 5.74) is 6.25. The molecule has 7 rings (SSSR count). The van der Waals surface area contributed by atoms with E-state index in [0.29, 0.717) is 0 Å². The topological polar surface area (TPSA) is 23.4 Å². The molecule has 4 heteroatoms. The fraction of sp³-hybridized carbons (Fsp3) is 0.176. The minimum atomic E-state index is -0.370. The Bertz CT molecular complexity index is 1820. The summed E-state index contributed by atoms with van der Waals surface area (Å²) in [6.07, 6.45) is 0. The highest BCUT2D eigenvalue weighted by molar-refractivity contribution is 6.62. The first-order valence-corrected chi connectivity index (χ1v) is 13.3. The van der Waals surface area contributed by atoms with Gasteiger partial charge in [-0.3, -0.25) is 0 Å². The molecule has 0 N–H and O–H groups in total. The number of benzene rings is 5. The van der Waals surface area contributed by atoms with Crippen molar-refractivity contribution in [1.82, 2.24) is 4.57 Å². The highest BCUT2D eigenvalue weighted by Gasteiger charge is 2.51. The molecule has 0 atom stereocenters. The van der Waals surface area contributed by atoms with Gasteiger partial charge in [0.1, 0.15) is 0 Å². The maximum Gasteiger partial charge on any atom is 0.494 e. The Hall–Kier alpha value is -3.86. The lowest BCUT2D eigenvalue weighted by Gasteiger charge is -2.32. The van der Waals surface area contributed by atoms with Crippen molar-refractivity contribution < 1.29 is 9.31 Å². The third kappa shape index (κ3) is 3.52.